The highest BCUT2D eigenvalue weighted by atomic mass is 16.5. The van der Waals surface area contributed by atoms with Crippen LogP contribution in [0, 0.1) is 6.92 Å². The van der Waals surface area contributed by atoms with Crippen LogP contribution >= 0.6 is 0 Å². The molecule has 0 aliphatic heterocycles. The number of anilines is 1. The minimum Gasteiger partial charge on any atom is -0.496 e. The van der Waals surface area contributed by atoms with E-state index in [2.05, 4.69) is 24.8 Å². The third kappa shape index (κ3) is 3.90. The fraction of sp³-hybridized carbons (Fsp3) is 0.278. The van der Waals surface area contributed by atoms with Gasteiger partial charge in [0.1, 0.15) is 17.4 Å². The lowest BCUT2D eigenvalue weighted by Crippen LogP contribution is -2.08. The number of aromatic nitrogens is 4. The topological polar surface area (TPSA) is 64.9 Å². The number of nitrogens with zero attached hydrogens (tertiary/aromatic N) is 4. The number of nitrogens with one attached hydrogen (secondary N) is 1. The van der Waals surface area contributed by atoms with Gasteiger partial charge in [0.05, 0.1) is 19.1 Å². The van der Waals surface area contributed by atoms with Gasteiger partial charge in [0.15, 0.2) is 0 Å². The Labute approximate surface area is 141 Å². The summed E-state index contributed by atoms with van der Waals surface area (Å²) in [6.07, 6.45) is 6.58. The predicted molar refractivity (Wildman–Crippen MR) is 94.1 cm³/mol. The largest absolute Gasteiger partial charge is 0.496 e. The number of imidazole rings is 1. The monoisotopic (exact) mass is 323 g/mol. The van der Waals surface area contributed by atoms with Crippen molar-refractivity contribution in [2.45, 2.75) is 19.9 Å². The van der Waals surface area contributed by atoms with E-state index in [-0.39, 0.29) is 0 Å². The van der Waals surface area contributed by atoms with Gasteiger partial charge in [-0.25, -0.2) is 15.0 Å². The van der Waals surface area contributed by atoms with Crippen molar-refractivity contribution >= 4 is 5.82 Å². The van der Waals surface area contributed by atoms with Crippen LogP contribution in [0.1, 0.15) is 12.2 Å². The van der Waals surface area contributed by atoms with Gasteiger partial charge >= 0.3 is 0 Å². The Morgan fingerprint density at radius 2 is 2.08 bits per heavy atom. The maximum Gasteiger partial charge on any atom is 0.130 e. The first kappa shape index (κ1) is 16.0. The quantitative estimate of drug-likeness (QED) is 0.677. The lowest BCUT2D eigenvalue weighted by atomic mass is 10.1. The van der Waals surface area contributed by atoms with Gasteiger partial charge in [-0.1, -0.05) is 12.1 Å². The van der Waals surface area contributed by atoms with E-state index in [1.807, 2.05) is 49.8 Å². The zero-order valence-electron chi connectivity index (χ0n) is 13.9. The lowest BCUT2D eigenvalue weighted by molar-refractivity contribution is 0.416. The molecule has 0 fully saturated rings. The lowest BCUT2D eigenvalue weighted by Gasteiger charge is -2.11. The molecule has 1 N–H and O–H groups in total. The summed E-state index contributed by atoms with van der Waals surface area (Å²) in [5.41, 5.74) is 1.82. The molecule has 2 heterocycles. The Hall–Kier alpha value is -2.89. The highest BCUT2D eigenvalue weighted by Crippen LogP contribution is 2.29. The van der Waals surface area contributed by atoms with E-state index in [4.69, 9.17) is 4.74 Å². The molecule has 0 unspecified atom stereocenters. The zero-order chi connectivity index (χ0) is 16.8. The van der Waals surface area contributed by atoms with E-state index >= 15 is 0 Å². The molecule has 0 spiro atoms. The predicted octanol–water partition coefficient (Wildman–Crippen LogP) is 3.16. The van der Waals surface area contributed by atoms with Crippen molar-refractivity contribution in [3.63, 3.8) is 0 Å². The molecule has 3 rings (SSSR count). The van der Waals surface area contributed by atoms with E-state index in [0.29, 0.717) is 0 Å². The van der Waals surface area contributed by atoms with Gasteiger partial charge in [0.2, 0.25) is 0 Å². The molecule has 0 aliphatic carbocycles. The number of para-hydroxylation sites is 1. The molecule has 124 valence electrons. The van der Waals surface area contributed by atoms with Gasteiger partial charge in [0.25, 0.3) is 0 Å². The molecular formula is C18H21N5O. The molecule has 0 saturated carbocycles. The molecule has 0 amide bonds. The van der Waals surface area contributed by atoms with Gasteiger partial charge in [-0.15, -0.1) is 0 Å². The third-order valence-corrected chi connectivity index (χ3v) is 3.68. The molecule has 0 saturated heterocycles. The van der Waals surface area contributed by atoms with Crippen molar-refractivity contribution in [2.24, 2.45) is 0 Å². The van der Waals surface area contributed by atoms with Gasteiger partial charge in [-0.3, -0.25) is 0 Å². The van der Waals surface area contributed by atoms with Crippen LogP contribution < -0.4 is 10.1 Å². The normalized spacial score (nSPS) is 10.6. The number of aryl methyl sites for hydroxylation is 2. The first-order valence-electron chi connectivity index (χ1n) is 7.95. The fourth-order valence-electron chi connectivity index (χ4n) is 2.55. The molecule has 2 aromatic heterocycles. The molecule has 0 radical (unpaired) electrons. The zero-order valence-corrected chi connectivity index (χ0v) is 13.9. The van der Waals surface area contributed by atoms with Crippen LogP contribution in [0.2, 0.25) is 0 Å². The van der Waals surface area contributed by atoms with Crippen molar-refractivity contribution < 1.29 is 4.74 Å². The standard InChI is InChI=1S/C18H21N5O/c1-14-21-16(15-6-3-4-7-17(15)24-2)12-18(22-14)20-8-5-10-23-11-9-19-13-23/h3-4,6-7,9,11-13H,5,8,10H2,1-2H3,(H,20,21,22). The third-order valence-electron chi connectivity index (χ3n) is 3.68. The van der Waals surface area contributed by atoms with Gasteiger partial charge in [0, 0.05) is 37.1 Å². The van der Waals surface area contributed by atoms with Crippen molar-refractivity contribution in [3.8, 4) is 17.0 Å². The molecule has 6 heteroatoms. The molecule has 3 aromatic rings. The van der Waals surface area contributed by atoms with Crippen LogP contribution in [-0.2, 0) is 6.54 Å². The molecule has 6 nitrogen and oxygen atoms in total. The van der Waals surface area contributed by atoms with Crippen molar-refractivity contribution in [1.29, 1.82) is 0 Å². The average Bonchev–Trinajstić information content (AvgIpc) is 3.11. The van der Waals surface area contributed by atoms with Crippen LogP contribution in [0.4, 0.5) is 5.82 Å². The van der Waals surface area contributed by atoms with E-state index in [9.17, 15) is 0 Å². The van der Waals surface area contributed by atoms with Gasteiger partial charge < -0.3 is 14.6 Å². The Balaban J connectivity index is 1.69. The number of hydrogen-bond acceptors (Lipinski definition) is 5. The summed E-state index contributed by atoms with van der Waals surface area (Å²) < 4.78 is 7.49. The Morgan fingerprint density at radius 1 is 1.21 bits per heavy atom. The Bertz CT molecular complexity index is 786. The van der Waals surface area contributed by atoms with Crippen LogP contribution in [0.25, 0.3) is 11.3 Å². The maximum atomic E-state index is 5.43. The average molecular weight is 323 g/mol. The highest BCUT2D eigenvalue weighted by molar-refractivity contribution is 5.69. The second-order valence-electron chi connectivity index (χ2n) is 5.47. The molecule has 0 atom stereocenters. The second kappa shape index (κ2) is 7.59. The molecule has 1 aromatic carbocycles. The number of hydrogen-bond donors (Lipinski definition) is 1. The first-order chi connectivity index (χ1) is 11.8. The SMILES string of the molecule is COc1ccccc1-c1cc(NCCCn2ccnc2)nc(C)n1. The first-order valence-corrected chi connectivity index (χ1v) is 7.95. The highest BCUT2D eigenvalue weighted by Gasteiger charge is 2.09. The summed E-state index contributed by atoms with van der Waals surface area (Å²) in [6, 6.07) is 9.83. The molecular weight excluding hydrogens is 302 g/mol. The summed E-state index contributed by atoms with van der Waals surface area (Å²) in [6.45, 7) is 3.66. The van der Waals surface area contributed by atoms with E-state index < -0.39 is 0 Å². The van der Waals surface area contributed by atoms with E-state index in [1.165, 1.54) is 0 Å². The maximum absolute atomic E-state index is 5.43. The molecule has 24 heavy (non-hydrogen) atoms. The summed E-state index contributed by atoms with van der Waals surface area (Å²) in [4.78, 5) is 13.0. The number of benzene rings is 1. The smallest absolute Gasteiger partial charge is 0.130 e. The van der Waals surface area contributed by atoms with E-state index in [1.54, 1.807) is 13.3 Å². The van der Waals surface area contributed by atoms with Crippen LogP contribution in [-0.4, -0.2) is 33.2 Å². The second-order valence-corrected chi connectivity index (χ2v) is 5.47. The number of rotatable bonds is 7. The van der Waals surface area contributed by atoms with Crippen molar-refractivity contribution in [1.82, 2.24) is 19.5 Å². The summed E-state index contributed by atoms with van der Waals surface area (Å²) in [5, 5.41) is 3.37. The van der Waals surface area contributed by atoms with Crippen LogP contribution in [0.3, 0.4) is 0 Å². The summed E-state index contributed by atoms with van der Waals surface area (Å²) in [5.74, 6) is 2.37. The summed E-state index contributed by atoms with van der Waals surface area (Å²) >= 11 is 0. The fourth-order valence-corrected chi connectivity index (χ4v) is 2.55. The van der Waals surface area contributed by atoms with Crippen molar-refractivity contribution in [2.75, 3.05) is 19.0 Å². The van der Waals surface area contributed by atoms with Crippen molar-refractivity contribution in [3.05, 3.63) is 54.9 Å². The van der Waals surface area contributed by atoms with Crippen LogP contribution in [0.15, 0.2) is 49.1 Å². The van der Waals surface area contributed by atoms with Gasteiger partial charge in [-0.05, 0) is 25.5 Å². The minimum absolute atomic E-state index is 0.732. The minimum atomic E-state index is 0.732. The van der Waals surface area contributed by atoms with Gasteiger partial charge in [-0.2, -0.15) is 0 Å². The number of ether oxygens (including phenoxy) is 1. The van der Waals surface area contributed by atoms with E-state index in [0.717, 1.165) is 48.2 Å². The molecule has 0 aliphatic rings. The number of methoxy groups -OCH3 is 1. The Morgan fingerprint density at radius 3 is 2.88 bits per heavy atom. The Kier molecular flexibility index (Phi) is 5.05. The summed E-state index contributed by atoms with van der Waals surface area (Å²) in [7, 11) is 1.67. The molecule has 0 bridgehead atoms. The van der Waals surface area contributed by atoms with Crippen LogP contribution in [0.5, 0.6) is 5.75 Å².